The summed E-state index contributed by atoms with van der Waals surface area (Å²) in [4.78, 5) is 24.2. The summed E-state index contributed by atoms with van der Waals surface area (Å²) in [5.74, 6) is -0.168. The Morgan fingerprint density at radius 3 is 2.26 bits per heavy atom. The number of hydrogen-bond acceptors (Lipinski definition) is 3. The molecule has 0 saturated carbocycles. The molecule has 0 bridgehead atoms. The van der Waals surface area contributed by atoms with E-state index in [1.54, 1.807) is 6.07 Å². The molecule has 6 heteroatoms. The van der Waals surface area contributed by atoms with Gasteiger partial charge >= 0.3 is 0 Å². The summed E-state index contributed by atoms with van der Waals surface area (Å²) in [6.45, 7) is 7.01. The van der Waals surface area contributed by atoms with Gasteiger partial charge in [-0.2, -0.15) is 0 Å². The van der Waals surface area contributed by atoms with Crippen LogP contribution in [0.2, 0.25) is 0 Å². The first kappa shape index (κ1) is 21.4. The summed E-state index contributed by atoms with van der Waals surface area (Å²) in [7, 11) is 0. The number of aryl methyl sites for hydroxylation is 1. The number of nitrogens with one attached hydrogen (secondary N) is 2. The van der Waals surface area contributed by atoms with Gasteiger partial charge in [-0.15, -0.1) is 12.4 Å². The maximum Gasteiger partial charge on any atom is 0.251 e. The molecule has 0 saturated heterocycles. The lowest BCUT2D eigenvalue weighted by molar-refractivity contribution is -0.130. The first-order valence-corrected chi connectivity index (χ1v) is 7.82. The number of nitrogens with two attached hydrogens (primary N) is 1. The molecule has 0 radical (unpaired) electrons. The van der Waals surface area contributed by atoms with Crippen molar-refractivity contribution >= 4 is 24.2 Å². The van der Waals surface area contributed by atoms with E-state index in [-0.39, 0.29) is 24.2 Å². The van der Waals surface area contributed by atoms with Gasteiger partial charge in [-0.25, -0.2) is 0 Å². The second kappa shape index (κ2) is 10.2. The van der Waals surface area contributed by atoms with Crippen molar-refractivity contribution in [2.75, 3.05) is 19.6 Å². The first-order valence-electron chi connectivity index (χ1n) is 7.82. The van der Waals surface area contributed by atoms with Crippen LogP contribution >= 0.6 is 12.4 Å². The molecule has 0 aliphatic carbocycles. The molecule has 2 amide bonds. The van der Waals surface area contributed by atoms with Gasteiger partial charge in [-0.1, -0.05) is 31.5 Å². The molecule has 0 heterocycles. The molecule has 0 atom stereocenters. The summed E-state index contributed by atoms with van der Waals surface area (Å²) in [5, 5.41) is 5.66. The highest BCUT2D eigenvalue weighted by atomic mass is 35.5. The molecule has 1 aromatic carbocycles. The van der Waals surface area contributed by atoms with Crippen LogP contribution in [0.4, 0.5) is 0 Å². The summed E-state index contributed by atoms with van der Waals surface area (Å²) in [6.07, 6.45) is 1.42. The van der Waals surface area contributed by atoms with Crippen molar-refractivity contribution in [3.05, 3.63) is 35.4 Å². The molecule has 1 aromatic rings. The van der Waals surface area contributed by atoms with Gasteiger partial charge < -0.3 is 16.4 Å². The number of carbonyl (C=O) groups excluding carboxylic acids is 2. The van der Waals surface area contributed by atoms with Gasteiger partial charge in [0.15, 0.2) is 0 Å². The van der Waals surface area contributed by atoms with Gasteiger partial charge in [-0.05, 0) is 31.9 Å². The van der Waals surface area contributed by atoms with Gasteiger partial charge in [0, 0.05) is 25.2 Å². The highest BCUT2D eigenvalue weighted by Gasteiger charge is 2.32. The van der Waals surface area contributed by atoms with Crippen molar-refractivity contribution < 1.29 is 9.59 Å². The quantitative estimate of drug-likeness (QED) is 0.632. The monoisotopic (exact) mass is 341 g/mol. The Morgan fingerprint density at radius 2 is 1.74 bits per heavy atom. The van der Waals surface area contributed by atoms with Gasteiger partial charge in [0.1, 0.15) is 0 Å². The third-order valence-electron chi connectivity index (χ3n) is 4.20. The standard InChI is InChI=1S/C17H27N3O2.ClH/c1-4-17(5-2,12-18)16(22)20-10-9-19-15(21)14-8-6-7-13(3)11-14;/h6-8,11H,4-5,9-10,12,18H2,1-3H3,(H,19,21)(H,20,22);1H. The lowest BCUT2D eigenvalue weighted by atomic mass is 9.81. The number of hydrogen-bond donors (Lipinski definition) is 3. The minimum absolute atomic E-state index is 0. The molecule has 1 rings (SSSR count). The van der Waals surface area contributed by atoms with Crippen LogP contribution in [0, 0.1) is 12.3 Å². The third kappa shape index (κ3) is 5.84. The Morgan fingerprint density at radius 1 is 1.13 bits per heavy atom. The molecule has 0 fully saturated rings. The summed E-state index contributed by atoms with van der Waals surface area (Å²) in [6, 6.07) is 7.40. The van der Waals surface area contributed by atoms with E-state index in [4.69, 9.17) is 5.73 Å². The van der Waals surface area contributed by atoms with E-state index in [0.29, 0.717) is 38.0 Å². The molecular formula is C17H28ClN3O2. The van der Waals surface area contributed by atoms with Gasteiger partial charge in [0.2, 0.25) is 5.91 Å². The summed E-state index contributed by atoms with van der Waals surface area (Å²) in [5.41, 5.74) is 6.91. The van der Waals surface area contributed by atoms with Crippen LogP contribution < -0.4 is 16.4 Å². The van der Waals surface area contributed by atoms with Crippen LogP contribution in [-0.4, -0.2) is 31.4 Å². The number of rotatable bonds is 8. The fourth-order valence-electron chi connectivity index (χ4n) is 2.38. The highest BCUT2D eigenvalue weighted by molar-refractivity contribution is 5.94. The van der Waals surface area contributed by atoms with Crippen molar-refractivity contribution in [1.29, 1.82) is 0 Å². The van der Waals surface area contributed by atoms with E-state index < -0.39 is 5.41 Å². The number of benzene rings is 1. The third-order valence-corrected chi connectivity index (χ3v) is 4.20. The molecule has 0 spiro atoms. The smallest absolute Gasteiger partial charge is 0.251 e. The SMILES string of the molecule is CCC(CC)(CN)C(=O)NCCNC(=O)c1cccc(C)c1.Cl. The second-order valence-electron chi connectivity index (χ2n) is 5.57. The van der Waals surface area contributed by atoms with E-state index in [1.165, 1.54) is 0 Å². The number of amides is 2. The fourth-order valence-corrected chi connectivity index (χ4v) is 2.38. The zero-order chi connectivity index (χ0) is 16.6. The zero-order valence-electron chi connectivity index (χ0n) is 14.1. The largest absolute Gasteiger partial charge is 0.354 e. The maximum absolute atomic E-state index is 12.2. The van der Waals surface area contributed by atoms with Crippen LogP contribution in [0.15, 0.2) is 24.3 Å². The van der Waals surface area contributed by atoms with E-state index in [2.05, 4.69) is 10.6 Å². The highest BCUT2D eigenvalue weighted by Crippen LogP contribution is 2.24. The van der Waals surface area contributed by atoms with Crippen LogP contribution in [0.3, 0.4) is 0 Å². The Labute approximate surface area is 144 Å². The molecule has 0 aromatic heterocycles. The zero-order valence-corrected chi connectivity index (χ0v) is 15.0. The average molecular weight is 342 g/mol. The molecule has 0 unspecified atom stereocenters. The van der Waals surface area contributed by atoms with Gasteiger partial charge in [-0.3, -0.25) is 9.59 Å². The lowest BCUT2D eigenvalue weighted by Crippen LogP contribution is -2.47. The van der Waals surface area contributed by atoms with E-state index in [9.17, 15) is 9.59 Å². The van der Waals surface area contributed by atoms with E-state index in [0.717, 1.165) is 5.56 Å². The average Bonchev–Trinajstić information content (AvgIpc) is 2.53. The van der Waals surface area contributed by atoms with Gasteiger partial charge in [0.05, 0.1) is 5.41 Å². The van der Waals surface area contributed by atoms with Crippen LogP contribution in [0.25, 0.3) is 0 Å². The van der Waals surface area contributed by atoms with Crippen molar-refractivity contribution in [3.8, 4) is 0 Å². The van der Waals surface area contributed by atoms with Gasteiger partial charge in [0.25, 0.3) is 5.91 Å². The molecule has 130 valence electrons. The Balaban J connectivity index is 0.00000484. The minimum atomic E-state index is -0.499. The van der Waals surface area contributed by atoms with Crippen molar-refractivity contribution in [3.63, 3.8) is 0 Å². The van der Waals surface area contributed by atoms with E-state index in [1.807, 2.05) is 39.0 Å². The Kier molecular flexibility index (Phi) is 9.53. The van der Waals surface area contributed by atoms with Crippen LogP contribution in [-0.2, 0) is 4.79 Å². The molecule has 4 N–H and O–H groups in total. The molecule has 0 aliphatic rings. The lowest BCUT2D eigenvalue weighted by Gasteiger charge is -2.28. The van der Waals surface area contributed by atoms with Crippen molar-refractivity contribution in [2.45, 2.75) is 33.6 Å². The van der Waals surface area contributed by atoms with Crippen LogP contribution in [0.1, 0.15) is 42.6 Å². The predicted octanol–water partition coefficient (Wildman–Crippen LogP) is 2.03. The maximum atomic E-state index is 12.2. The molecule has 0 aliphatic heterocycles. The van der Waals surface area contributed by atoms with Crippen LogP contribution in [0.5, 0.6) is 0 Å². The normalized spacial score (nSPS) is 10.6. The second-order valence-corrected chi connectivity index (χ2v) is 5.57. The molecule has 23 heavy (non-hydrogen) atoms. The summed E-state index contributed by atoms with van der Waals surface area (Å²) >= 11 is 0. The van der Waals surface area contributed by atoms with Crippen molar-refractivity contribution in [2.24, 2.45) is 11.1 Å². The number of halogens is 1. The Hall–Kier alpha value is -1.59. The first-order chi connectivity index (χ1) is 10.5. The predicted molar refractivity (Wildman–Crippen MR) is 95.8 cm³/mol. The minimum Gasteiger partial charge on any atom is -0.354 e. The van der Waals surface area contributed by atoms with E-state index >= 15 is 0 Å². The van der Waals surface area contributed by atoms with Crippen molar-refractivity contribution in [1.82, 2.24) is 10.6 Å². The summed E-state index contributed by atoms with van der Waals surface area (Å²) < 4.78 is 0. The topological polar surface area (TPSA) is 84.2 Å². The number of carbonyl (C=O) groups is 2. The molecule has 5 nitrogen and oxygen atoms in total. The molecular weight excluding hydrogens is 314 g/mol. The Bertz CT molecular complexity index is 508. The fraction of sp³-hybridized carbons (Fsp3) is 0.529.